The van der Waals surface area contributed by atoms with Gasteiger partial charge in [0.2, 0.25) is 5.91 Å². The van der Waals surface area contributed by atoms with Gasteiger partial charge in [0.05, 0.1) is 5.57 Å². The van der Waals surface area contributed by atoms with Crippen molar-refractivity contribution >= 4 is 52.1 Å². The van der Waals surface area contributed by atoms with Crippen molar-refractivity contribution in [1.29, 1.82) is 0 Å². The van der Waals surface area contributed by atoms with Crippen LogP contribution in [0.1, 0.15) is 28.4 Å². The second-order valence-electron chi connectivity index (χ2n) is 5.79. The summed E-state index contributed by atoms with van der Waals surface area (Å²) < 4.78 is 40.6. The molecular weight excluding hydrogens is 438 g/mol. The van der Waals surface area contributed by atoms with Crippen molar-refractivity contribution in [2.75, 3.05) is 0 Å². The SMILES string of the molecule is CC(=O)NCc1cc(C(=O)/C=C(\c2cc(Cl)cc(Cl)c2)C(F)(F)F)ccc1Cl. The molecule has 0 fully saturated rings. The van der Waals surface area contributed by atoms with Gasteiger partial charge in [-0.1, -0.05) is 34.8 Å². The molecule has 28 heavy (non-hydrogen) atoms. The van der Waals surface area contributed by atoms with Crippen LogP contribution in [0.4, 0.5) is 13.2 Å². The van der Waals surface area contributed by atoms with Crippen LogP contribution in [0.5, 0.6) is 0 Å². The average Bonchev–Trinajstić information content (AvgIpc) is 2.56. The fourth-order valence-electron chi connectivity index (χ4n) is 2.34. The van der Waals surface area contributed by atoms with E-state index in [1.807, 2.05) is 0 Å². The fraction of sp³-hybridized carbons (Fsp3) is 0.158. The number of halogens is 6. The first kappa shape index (κ1) is 22.3. The van der Waals surface area contributed by atoms with E-state index in [1.165, 1.54) is 31.2 Å². The first-order valence-corrected chi connectivity index (χ1v) is 8.93. The highest BCUT2D eigenvalue weighted by molar-refractivity contribution is 6.35. The van der Waals surface area contributed by atoms with Gasteiger partial charge in [-0.3, -0.25) is 9.59 Å². The molecule has 0 unspecified atom stereocenters. The van der Waals surface area contributed by atoms with Crippen molar-refractivity contribution in [3.8, 4) is 0 Å². The summed E-state index contributed by atoms with van der Waals surface area (Å²) in [6, 6.07) is 7.45. The van der Waals surface area contributed by atoms with E-state index in [1.54, 1.807) is 0 Å². The third kappa shape index (κ3) is 5.99. The molecule has 0 aliphatic heterocycles. The Labute approximate surface area is 174 Å². The van der Waals surface area contributed by atoms with E-state index in [-0.39, 0.29) is 38.6 Å². The topological polar surface area (TPSA) is 46.2 Å². The monoisotopic (exact) mass is 449 g/mol. The Bertz CT molecular complexity index is 936. The van der Waals surface area contributed by atoms with Crippen LogP contribution in [0.25, 0.3) is 5.57 Å². The summed E-state index contributed by atoms with van der Waals surface area (Å²) in [6.45, 7) is 1.34. The Hall–Kier alpha value is -2.02. The van der Waals surface area contributed by atoms with Gasteiger partial charge in [0.1, 0.15) is 0 Å². The summed E-state index contributed by atoms with van der Waals surface area (Å²) in [5, 5.41) is 2.80. The molecule has 0 atom stereocenters. The minimum absolute atomic E-state index is 0.00850. The van der Waals surface area contributed by atoms with Crippen LogP contribution in [0.3, 0.4) is 0 Å². The highest BCUT2D eigenvalue weighted by atomic mass is 35.5. The van der Waals surface area contributed by atoms with Gasteiger partial charge in [0, 0.05) is 34.1 Å². The molecule has 0 saturated carbocycles. The smallest absolute Gasteiger partial charge is 0.352 e. The highest BCUT2D eigenvalue weighted by Crippen LogP contribution is 2.36. The van der Waals surface area contributed by atoms with Crippen LogP contribution in [0.2, 0.25) is 15.1 Å². The molecule has 0 aliphatic carbocycles. The molecule has 0 saturated heterocycles. The Morgan fingerprint density at radius 1 is 1.00 bits per heavy atom. The molecule has 2 aromatic carbocycles. The van der Waals surface area contributed by atoms with Crippen LogP contribution in [0.15, 0.2) is 42.5 Å². The summed E-state index contributed by atoms with van der Waals surface area (Å²) in [4.78, 5) is 23.5. The molecule has 1 amide bonds. The summed E-state index contributed by atoms with van der Waals surface area (Å²) in [7, 11) is 0. The number of ketones is 1. The number of amides is 1. The van der Waals surface area contributed by atoms with Crippen molar-refractivity contribution in [1.82, 2.24) is 5.32 Å². The van der Waals surface area contributed by atoms with Gasteiger partial charge in [0.15, 0.2) is 5.78 Å². The number of nitrogens with one attached hydrogen (secondary N) is 1. The first-order valence-electron chi connectivity index (χ1n) is 7.80. The van der Waals surface area contributed by atoms with Crippen molar-refractivity contribution in [2.45, 2.75) is 19.6 Å². The Kier molecular flexibility index (Phi) is 7.15. The number of carbonyl (C=O) groups is 2. The van der Waals surface area contributed by atoms with Crippen LogP contribution in [-0.2, 0) is 11.3 Å². The molecule has 0 bridgehead atoms. The predicted molar refractivity (Wildman–Crippen MR) is 104 cm³/mol. The summed E-state index contributed by atoms with van der Waals surface area (Å²) in [6.07, 6.45) is -4.33. The molecule has 9 heteroatoms. The molecule has 1 N–H and O–H groups in total. The lowest BCUT2D eigenvalue weighted by molar-refractivity contribution is -0.119. The molecule has 2 rings (SSSR count). The molecule has 2 aromatic rings. The predicted octanol–water partition coefficient (Wildman–Crippen LogP) is 6.11. The number of allylic oxidation sites excluding steroid dienone is 2. The van der Waals surface area contributed by atoms with Gasteiger partial charge < -0.3 is 5.32 Å². The quantitative estimate of drug-likeness (QED) is 0.441. The van der Waals surface area contributed by atoms with Gasteiger partial charge in [0.25, 0.3) is 0 Å². The zero-order valence-electron chi connectivity index (χ0n) is 14.3. The molecule has 0 aliphatic rings. The van der Waals surface area contributed by atoms with E-state index in [2.05, 4.69) is 5.32 Å². The Morgan fingerprint density at radius 3 is 2.14 bits per heavy atom. The molecule has 0 aromatic heterocycles. The number of benzene rings is 2. The van der Waals surface area contributed by atoms with Gasteiger partial charge in [-0.2, -0.15) is 13.2 Å². The Morgan fingerprint density at radius 2 is 1.61 bits per heavy atom. The summed E-state index contributed by atoms with van der Waals surface area (Å²) in [5.74, 6) is -1.20. The van der Waals surface area contributed by atoms with E-state index in [4.69, 9.17) is 34.8 Å². The third-order valence-corrected chi connectivity index (χ3v) is 4.42. The van der Waals surface area contributed by atoms with Crippen molar-refractivity contribution in [3.63, 3.8) is 0 Å². The van der Waals surface area contributed by atoms with E-state index in [0.717, 1.165) is 12.1 Å². The number of alkyl halides is 3. The van der Waals surface area contributed by atoms with E-state index in [0.29, 0.717) is 11.6 Å². The molecular formula is C19H13Cl3F3NO2. The normalized spacial score (nSPS) is 12.0. The van der Waals surface area contributed by atoms with Crippen LogP contribution < -0.4 is 5.32 Å². The summed E-state index contributed by atoms with van der Waals surface area (Å²) >= 11 is 17.6. The van der Waals surface area contributed by atoms with Gasteiger partial charge in [-0.25, -0.2) is 0 Å². The minimum Gasteiger partial charge on any atom is -0.352 e. The molecule has 3 nitrogen and oxygen atoms in total. The van der Waals surface area contributed by atoms with Gasteiger partial charge >= 0.3 is 6.18 Å². The zero-order chi connectivity index (χ0) is 21.1. The van der Waals surface area contributed by atoms with Crippen molar-refractivity contribution < 1.29 is 22.8 Å². The maximum atomic E-state index is 13.5. The number of hydrogen-bond donors (Lipinski definition) is 1. The number of hydrogen-bond acceptors (Lipinski definition) is 2. The standard InChI is InChI=1S/C19H13Cl3F3NO2/c1-10(27)26-9-13-4-11(2-3-17(13)22)18(28)8-16(19(23,24)25)12-5-14(20)7-15(21)6-12/h2-8H,9H2,1H3,(H,26,27)/b16-8+. The number of rotatable bonds is 5. The first-order chi connectivity index (χ1) is 13.0. The maximum absolute atomic E-state index is 13.5. The van der Waals surface area contributed by atoms with Crippen LogP contribution in [-0.4, -0.2) is 17.9 Å². The summed E-state index contributed by atoms with van der Waals surface area (Å²) in [5.41, 5.74) is -1.12. The second kappa shape index (κ2) is 8.99. The lowest BCUT2D eigenvalue weighted by Crippen LogP contribution is -2.19. The van der Waals surface area contributed by atoms with Crippen LogP contribution in [0, 0.1) is 0 Å². The van der Waals surface area contributed by atoms with E-state index in [9.17, 15) is 22.8 Å². The van der Waals surface area contributed by atoms with E-state index >= 15 is 0 Å². The molecule has 148 valence electrons. The highest BCUT2D eigenvalue weighted by Gasteiger charge is 2.35. The third-order valence-electron chi connectivity index (χ3n) is 3.61. The molecule has 0 radical (unpaired) electrons. The Balaban J connectivity index is 2.46. The van der Waals surface area contributed by atoms with Crippen LogP contribution >= 0.6 is 34.8 Å². The zero-order valence-corrected chi connectivity index (χ0v) is 16.6. The minimum atomic E-state index is -4.81. The fourth-order valence-corrected chi connectivity index (χ4v) is 3.05. The van der Waals surface area contributed by atoms with Crippen molar-refractivity contribution in [2.24, 2.45) is 0 Å². The lowest BCUT2D eigenvalue weighted by atomic mass is 10.0. The van der Waals surface area contributed by atoms with E-state index < -0.39 is 17.5 Å². The van der Waals surface area contributed by atoms with Crippen molar-refractivity contribution in [3.05, 3.63) is 74.2 Å². The number of carbonyl (C=O) groups excluding carboxylic acids is 2. The molecule has 0 heterocycles. The van der Waals surface area contributed by atoms with Gasteiger partial charge in [-0.05, 0) is 53.6 Å². The lowest BCUT2D eigenvalue weighted by Gasteiger charge is -2.13. The average molecular weight is 451 g/mol. The van der Waals surface area contributed by atoms with Gasteiger partial charge in [-0.15, -0.1) is 0 Å². The largest absolute Gasteiger partial charge is 0.417 e. The maximum Gasteiger partial charge on any atom is 0.417 e. The molecule has 0 spiro atoms. The second-order valence-corrected chi connectivity index (χ2v) is 7.07.